The number of carbonyl (C=O) groups is 1. The van der Waals surface area contributed by atoms with Gasteiger partial charge in [-0.2, -0.15) is 0 Å². The number of carbonyl (C=O) groups excluding carboxylic acids is 1. The van der Waals surface area contributed by atoms with Crippen molar-refractivity contribution in [1.82, 2.24) is 0 Å². The van der Waals surface area contributed by atoms with Crippen molar-refractivity contribution in [3.05, 3.63) is 83.4 Å². The molecule has 0 radical (unpaired) electrons. The summed E-state index contributed by atoms with van der Waals surface area (Å²) < 4.78 is 23.8. The summed E-state index contributed by atoms with van der Waals surface area (Å²) in [7, 11) is -3.23. The number of benzene rings is 3. The minimum atomic E-state index is -3.23. The summed E-state index contributed by atoms with van der Waals surface area (Å²) in [4.78, 5) is 12.7. The minimum absolute atomic E-state index is 0.0602. The molecule has 0 spiro atoms. The molecule has 1 N–H and O–H groups in total. The second-order valence-corrected chi connectivity index (χ2v) is 9.40. The average molecular weight is 408 g/mol. The zero-order valence-electron chi connectivity index (χ0n) is 16.9. The number of hydrogen-bond acceptors (Lipinski definition) is 3. The third-order valence-corrected chi connectivity index (χ3v) is 6.72. The van der Waals surface area contributed by atoms with E-state index in [2.05, 4.69) is 24.4 Å². The van der Waals surface area contributed by atoms with Crippen molar-refractivity contribution in [3.8, 4) is 11.1 Å². The SMILES string of the molecule is CCS(=O)(=O)c1ccc(CC(=O)Nc2ccc(-c3ccccc3C)c(C)c2)cc1. The summed E-state index contributed by atoms with van der Waals surface area (Å²) in [5.41, 5.74) is 6.15. The summed E-state index contributed by atoms with van der Waals surface area (Å²) in [6.07, 6.45) is 0.186. The van der Waals surface area contributed by atoms with E-state index in [9.17, 15) is 13.2 Å². The van der Waals surface area contributed by atoms with Crippen LogP contribution in [0, 0.1) is 13.8 Å². The zero-order chi connectivity index (χ0) is 21.0. The number of rotatable bonds is 6. The first-order chi connectivity index (χ1) is 13.8. The topological polar surface area (TPSA) is 63.2 Å². The standard InChI is InChI=1S/C24H25NO3S/c1-4-29(27,28)21-12-9-19(10-13-21)16-24(26)25-20-11-14-23(18(3)15-20)22-8-6-5-7-17(22)2/h5-15H,4,16H2,1-3H3,(H,25,26). The maximum absolute atomic E-state index is 12.4. The average Bonchev–Trinajstić information content (AvgIpc) is 2.69. The molecule has 3 aromatic rings. The van der Waals surface area contributed by atoms with Gasteiger partial charge in [0.1, 0.15) is 0 Å². The molecular weight excluding hydrogens is 382 g/mol. The largest absolute Gasteiger partial charge is 0.326 e. The predicted molar refractivity (Wildman–Crippen MR) is 118 cm³/mol. The van der Waals surface area contributed by atoms with E-state index in [-0.39, 0.29) is 23.0 Å². The molecule has 0 aromatic heterocycles. The van der Waals surface area contributed by atoms with Gasteiger partial charge in [-0.3, -0.25) is 4.79 Å². The van der Waals surface area contributed by atoms with Crippen LogP contribution in [0.4, 0.5) is 5.69 Å². The van der Waals surface area contributed by atoms with E-state index in [1.165, 1.54) is 11.1 Å². The molecule has 0 aliphatic heterocycles. The van der Waals surface area contributed by atoms with Gasteiger partial charge in [0.2, 0.25) is 5.91 Å². The van der Waals surface area contributed by atoms with Crippen LogP contribution in [0.2, 0.25) is 0 Å². The van der Waals surface area contributed by atoms with Crippen LogP contribution in [-0.4, -0.2) is 20.1 Å². The maximum Gasteiger partial charge on any atom is 0.228 e. The van der Waals surface area contributed by atoms with Crippen molar-refractivity contribution in [2.45, 2.75) is 32.1 Å². The molecule has 0 aliphatic rings. The summed E-state index contributed by atoms with van der Waals surface area (Å²) in [5, 5.41) is 2.92. The first-order valence-corrected chi connectivity index (χ1v) is 11.2. The molecule has 0 saturated heterocycles. The van der Waals surface area contributed by atoms with Crippen LogP contribution in [0.15, 0.2) is 71.6 Å². The lowest BCUT2D eigenvalue weighted by molar-refractivity contribution is -0.115. The molecule has 3 aromatic carbocycles. The van der Waals surface area contributed by atoms with Crippen molar-refractivity contribution in [2.75, 3.05) is 11.1 Å². The van der Waals surface area contributed by atoms with Crippen LogP contribution >= 0.6 is 0 Å². The normalized spacial score (nSPS) is 11.3. The van der Waals surface area contributed by atoms with E-state index in [4.69, 9.17) is 0 Å². The molecule has 1 amide bonds. The Hall–Kier alpha value is -2.92. The van der Waals surface area contributed by atoms with Crippen LogP contribution in [0.1, 0.15) is 23.6 Å². The number of anilines is 1. The molecule has 4 nitrogen and oxygen atoms in total. The Morgan fingerprint density at radius 3 is 2.14 bits per heavy atom. The fourth-order valence-electron chi connectivity index (χ4n) is 3.29. The number of hydrogen-bond donors (Lipinski definition) is 1. The van der Waals surface area contributed by atoms with Crippen molar-refractivity contribution in [3.63, 3.8) is 0 Å². The van der Waals surface area contributed by atoms with E-state index in [0.29, 0.717) is 0 Å². The molecular formula is C24H25NO3S. The van der Waals surface area contributed by atoms with Gasteiger partial charge >= 0.3 is 0 Å². The molecule has 0 heterocycles. The number of nitrogens with one attached hydrogen (secondary N) is 1. The van der Waals surface area contributed by atoms with Gasteiger partial charge in [0.15, 0.2) is 9.84 Å². The van der Waals surface area contributed by atoms with Gasteiger partial charge in [-0.1, -0.05) is 49.4 Å². The highest BCUT2D eigenvalue weighted by Crippen LogP contribution is 2.28. The van der Waals surface area contributed by atoms with Gasteiger partial charge in [0.05, 0.1) is 17.1 Å². The number of sulfone groups is 1. The van der Waals surface area contributed by atoms with E-state index >= 15 is 0 Å². The lowest BCUT2D eigenvalue weighted by atomic mass is 9.96. The van der Waals surface area contributed by atoms with Gasteiger partial charge in [0, 0.05) is 5.69 Å². The van der Waals surface area contributed by atoms with E-state index in [1.807, 2.05) is 37.3 Å². The minimum Gasteiger partial charge on any atom is -0.326 e. The monoisotopic (exact) mass is 407 g/mol. The van der Waals surface area contributed by atoms with E-state index in [0.717, 1.165) is 22.4 Å². The Kier molecular flexibility index (Phi) is 6.18. The summed E-state index contributed by atoms with van der Waals surface area (Å²) in [5.74, 6) is -0.0795. The highest BCUT2D eigenvalue weighted by molar-refractivity contribution is 7.91. The molecule has 0 atom stereocenters. The van der Waals surface area contributed by atoms with Gasteiger partial charge < -0.3 is 5.32 Å². The molecule has 0 aliphatic carbocycles. The summed E-state index contributed by atoms with van der Waals surface area (Å²) in [6.45, 7) is 5.73. The lowest BCUT2D eigenvalue weighted by Gasteiger charge is -2.12. The molecule has 0 saturated carbocycles. The molecule has 29 heavy (non-hydrogen) atoms. The molecule has 0 bridgehead atoms. The lowest BCUT2D eigenvalue weighted by Crippen LogP contribution is -2.14. The molecule has 3 rings (SSSR count). The van der Waals surface area contributed by atoms with Crippen LogP contribution in [0.5, 0.6) is 0 Å². The molecule has 5 heteroatoms. The van der Waals surface area contributed by atoms with Gasteiger partial charge in [-0.25, -0.2) is 8.42 Å². The fraction of sp³-hybridized carbons (Fsp3) is 0.208. The maximum atomic E-state index is 12.4. The second-order valence-electron chi connectivity index (χ2n) is 7.12. The first-order valence-electron chi connectivity index (χ1n) is 9.58. The zero-order valence-corrected chi connectivity index (χ0v) is 17.7. The second kappa shape index (κ2) is 8.62. The Morgan fingerprint density at radius 2 is 1.52 bits per heavy atom. The number of amides is 1. The van der Waals surface area contributed by atoms with Gasteiger partial charge in [-0.05, 0) is 65.9 Å². The Bertz CT molecular complexity index is 1130. The number of aryl methyl sites for hydroxylation is 2. The third kappa shape index (κ3) is 4.93. The smallest absolute Gasteiger partial charge is 0.228 e. The van der Waals surface area contributed by atoms with E-state index in [1.54, 1.807) is 31.2 Å². The van der Waals surface area contributed by atoms with Crippen LogP contribution < -0.4 is 5.32 Å². The predicted octanol–water partition coefficient (Wildman–Crippen LogP) is 4.95. The molecule has 150 valence electrons. The highest BCUT2D eigenvalue weighted by atomic mass is 32.2. The van der Waals surface area contributed by atoms with Crippen molar-refractivity contribution in [1.29, 1.82) is 0 Å². The summed E-state index contributed by atoms with van der Waals surface area (Å²) >= 11 is 0. The van der Waals surface area contributed by atoms with Crippen molar-refractivity contribution in [2.24, 2.45) is 0 Å². The third-order valence-electron chi connectivity index (χ3n) is 4.97. The fourth-order valence-corrected chi connectivity index (χ4v) is 4.17. The van der Waals surface area contributed by atoms with Crippen LogP contribution in [0.3, 0.4) is 0 Å². The Labute approximate surface area is 172 Å². The summed E-state index contributed by atoms with van der Waals surface area (Å²) in [6, 6.07) is 20.6. The first kappa shape index (κ1) is 20.8. The van der Waals surface area contributed by atoms with Crippen molar-refractivity contribution < 1.29 is 13.2 Å². The Morgan fingerprint density at radius 1 is 0.862 bits per heavy atom. The van der Waals surface area contributed by atoms with Gasteiger partial charge in [0.25, 0.3) is 0 Å². The molecule has 0 fully saturated rings. The highest BCUT2D eigenvalue weighted by Gasteiger charge is 2.12. The van der Waals surface area contributed by atoms with Crippen LogP contribution in [-0.2, 0) is 21.1 Å². The molecule has 0 unspecified atom stereocenters. The quantitative estimate of drug-likeness (QED) is 0.629. The Balaban J connectivity index is 1.70. The van der Waals surface area contributed by atoms with E-state index < -0.39 is 9.84 Å². The van der Waals surface area contributed by atoms with Crippen molar-refractivity contribution >= 4 is 21.4 Å². The van der Waals surface area contributed by atoms with Gasteiger partial charge in [-0.15, -0.1) is 0 Å². The van der Waals surface area contributed by atoms with Crippen LogP contribution in [0.25, 0.3) is 11.1 Å².